The van der Waals surface area contributed by atoms with Gasteiger partial charge in [-0.3, -0.25) is 0 Å². The summed E-state index contributed by atoms with van der Waals surface area (Å²) in [6.45, 7) is 11.5. The first-order chi connectivity index (χ1) is 7.49. The van der Waals surface area contributed by atoms with Gasteiger partial charge in [0.15, 0.2) is 6.10 Å². The van der Waals surface area contributed by atoms with Crippen molar-refractivity contribution in [2.24, 2.45) is 0 Å². The highest BCUT2D eigenvalue weighted by Crippen LogP contribution is 2.12. The Morgan fingerprint density at radius 1 is 1.00 bits per heavy atom. The van der Waals surface area contributed by atoms with Crippen LogP contribution in [0, 0.1) is 10.1 Å². The second-order valence-corrected chi connectivity index (χ2v) is 5.80. The first-order valence-corrected chi connectivity index (χ1v) is 5.59. The van der Waals surface area contributed by atoms with Crippen molar-refractivity contribution >= 4 is 0 Å². The van der Waals surface area contributed by atoms with E-state index in [1.807, 2.05) is 41.5 Å². The SMILES string of the molecule is CC(C)(C)OCC(COC(C)(C)C)O[N+](=O)[O-]. The van der Waals surface area contributed by atoms with Crippen LogP contribution in [0.25, 0.3) is 0 Å². The Kier molecular flexibility index (Phi) is 5.84. The first-order valence-electron chi connectivity index (χ1n) is 5.59. The van der Waals surface area contributed by atoms with Gasteiger partial charge in [-0.15, -0.1) is 10.1 Å². The average Bonchev–Trinajstić information content (AvgIpc) is 2.06. The predicted molar refractivity (Wildman–Crippen MR) is 63.3 cm³/mol. The molecule has 0 N–H and O–H groups in total. The van der Waals surface area contributed by atoms with Crippen molar-refractivity contribution in [3.05, 3.63) is 10.1 Å². The molecular weight excluding hydrogens is 226 g/mol. The van der Waals surface area contributed by atoms with Gasteiger partial charge in [0.25, 0.3) is 5.09 Å². The molecule has 0 aromatic rings. The van der Waals surface area contributed by atoms with Gasteiger partial charge in [0, 0.05) is 0 Å². The molecule has 102 valence electrons. The minimum Gasteiger partial charge on any atom is -0.373 e. The van der Waals surface area contributed by atoms with E-state index in [1.165, 1.54) is 0 Å². The molecule has 0 atom stereocenters. The van der Waals surface area contributed by atoms with Crippen LogP contribution in [0.5, 0.6) is 0 Å². The molecule has 0 bridgehead atoms. The molecule has 0 aliphatic carbocycles. The molecule has 0 radical (unpaired) electrons. The van der Waals surface area contributed by atoms with Crippen LogP contribution >= 0.6 is 0 Å². The molecular formula is C11H23NO5. The van der Waals surface area contributed by atoms with Crippen LogP contribution < -0.4 is 0 Å². The molecule has 6 nitrogen and oxygen atoms in total. The Labute approximate surface area is 102 Å². The van der Waals surface area contributed by atoms with Gasteiger partial charge >= 0.3 is 0 Å². The van der Waals surface area contributed by atoms with E-state index in [4.69, 9.17) is 9.47 Å². The largest absolute Gasteiger partial charge is 0.373 e. The highest BCUT2D eigenvalue weighted by Gasteiger charge is 2.21. The van der Waals surface area contributed by atoms with E-state index in [9.17, 15) is 10.1 Å². The van der Waals surface area contributed by atoms with Crippen molar-refractivity contribution in [3.8, 4) is 0 Å². The van der Waals surface area contributed by atoms with Gasteiger partial charge in [0.1, 0.15) is 0 Å². The predicted octanol–water partition coefficient (Wildman–Crippen LogP) is 2.19. The van der Waals surface area contributed by atoms with Gasteiger partial charge < -0.3 is 14.3 Å². The van der Waals surface area contributed by atoms with Crippen molar-refractivity contribution in [1.82, 2.24) is 0 Å². The van der Waals surface area contributed by atoms with E-state index in [0.29, 0.717) is 0 Å². The molecule has 0 fully saturated rings. The molecule has 0 spiro atoms. The lowest BCUT2D eigenvalue weighted by Crippen LogP contribution is -2.35. The lowest BCUT2D eigenvalue weighted by molar-refractivity contribution is -0.769. The van der Waals surface area contributed by atoms with Crippen LogP contribution in [0.4, 0.5) is 0 Å². The topological polar surface area (TPSA) is 70.8 Å². The summed E-state index contributed by atoms with van der Waals surface area (Å²) < 4.78 is 10.9. The molecule has 0 aliphatic rings. The van der Waals surface area contributed by atoms with Crippen LogP contribution in [-0.4, -0.2) is 35.6 Å². The number of nitrogens with zero attached hydrogens (tertiary/aromatic N) is 1. The Balaban J connectivity index is 4.19. The van der Waals surface area contributed by atoms with Crippen LogP contribution in [0.3, 0.4) is 0 Å². The summed E-state index contributed by atoms with van der Waals surface area (Å²) in [7, 11) is 0. The average molecular weight is 249 g/mol. The number of hydrogen-bond donors (Lipinski definition) is 0. The van der Waals surface area contributed by atoms with Gasteiger partial charge in [0.2, 0.25) is 0 Å². The third-order valence-electron chi connectivity index (χ3n) is 1.64. The van der Waals surface area contributed by atoms with Gasteiger partial charge in [-0.1, -0.05) is 0 Å². The van der Waals surface area contributed by atoms with Crippen molar-refractivity contribution in [1.29, 1.82) is 0 Å². The van der Waals surface area contributed by atoms with Crippen LogP contribution in [0.15, 0.2) is 0 Å². The maximum atomic E-state index is 10.3. The van der Waals surface area contributed by atoms with Crippen LogP contribution in [-0.2, 0) is 14.3 Å². The van der Waals surface area contributed by atoms with E-state index in [-0.39, 0.29) is 24.4 Å². The molecule has 0 unspecified atom stereocenters. The van der Waals surface area contributed by atoms with Crippen LogP contribution in [0.1, 0.15) is 41.5 Å². The maximum Gasteiger partial charge on any atom is 0.294 e. The third-order valence-corrected chi connectivity index (χ3v) is 1.64. The normalized spacial score (nSPS) is 12.9. The fourth-order valence-corrected chi connectivity index (χ4v) is 0.917. The summed E-state index contributed by atoms with van der Waals surface area (Å²) >= 11 is 0. The van der Waals surface area contributed by atoms with Gasteiger partial charge in [0.05, 0.1) is 24.4 Å². The molecule has 0 amide bonds. The fourth-order valence-electron chi connectivity index (χ4n) is 0.917. The van der Waals surface area contributed by atoms with Crippen LogP contribution in [0.2, 0.25) is 0 Å². The first kappa shape index (κ1) is 16.1. The zero-order chi connectivity index (χ0) is 13.7. The third kappa shape index (κ3) is 11.4. The summed E-state index contributed by atoms with van der Waals surface area (Å²) in [5, 5.41) is 9.51. The van der Waals surface area contributed by atoms with E-state index in [0.717, 1.165) is 0 Å². The second-order valence-electron chi connectivity index (χ2n) is 5.80. The highest BCUT2D eigenvalue weighted by molar-refractivity contribution is 4.65. The Morgan fingerprint density at radius 2 is 1.35 bits per heavy atom. The highest BCUT2D eigenvalue weighted by atomic mass is 17.0. The van der Waals surface area contributed by atoms with Gasteiger partial charge in [-0.25, -0.2) is 0 Å². The Morgan fingerprint density at radius 3 is 1.59 bits per heavy atom. The molecule has 0 aromatic carbocycles. The van der Waals surface area contributed by atoms with E-state index < -0.39 is 11.2 Å². The van der Waals surface area contributed by atoms with E-state index in [2.05, 4.69) is 4.84 Å². The molecule has 0 rings (SSSR count). The molecule has 0 heterocycles. The quantitative estimate of drug-likeness (QED) is 0.533. The van der Waals surface area contributed by atoms with Gasteiger partial charge in [-0.2, -0.15) is 0 Å². The Hall–Kier alpha value is -0.880. The van der Waals surface area contributed by atoms with Crippen molar-refractivity contribution < 1.29 is 19.4 Å². The lowest BCUT2D eigenvalue weighted by atomic mass is 10.2. The molecule has 0 saturated heterocycles. The second kappa shape index (κ2) is 6.16. The van der Waals surface area contributed by atoms with Crippen molar-refractivity contribution in [3.63, 3.8) is 0 Å². The summed E-state index contributed by atoms with van der Waals surface area (Å²) in [5.41, 5.74) is -0.722. The molecule has 6 heteroatoms. The zero-order valence-electron chi connectivity index (χ0n) is 11.5. The number of hydrogen-bond acceptors (Lipinski definition) is 5. The standard InChI is InChI=1S/C11H23NO5/c1-10(2,3)15-7-9(17-12(13)14)8-16-11(4,5)6/h9H,7-8H2,1-6H3. The number of ether oxygens (including phenoxy) is 2. The van der Waals surface area contributed by atoms with Crippen molar-refractivity contribution in [2.75, 3.05) is 13.2 Å². The fraction of sp³-hybridized carbons (Fsp3) is 1.00. The summed E-state index contributed by atoms with van der Waals surface area (Å²) in [6.07, 6.45) is -0.705. The number of rotatable bonds is 6. The minimum absolute atomic E-state index is 0.126. The molecule has 0 aromatic heterocycles. The summed E-state index contributed by atoms with van der Waals surface area (Å²) in [6, 6.07) is 0. The zero-order valence-corrected chi connectivity index (χ0v) is 11.5. The maximum absolute atomic E-state index is 10.3. The molecule has 0 saturated carbocycles. The van der Waals surface area contributed by atoms with Gasteiger partial charge in [-0.05, 0) is 41.5 Å². The monoisotopic (exact) mass is 249 g/mol. The van der Waals surface area contributed by atoms with Crippen molar-refractivity contribution in [2.45, 2.75) is 58.8 Å². The Bertz CT molecular complexity index is 223. The van der Waals surface area contributed by atoms with E-state index >= 15 is 0 Å². The smallest absolute Gasteiger partial charge is 0.294 e. The lowest BCUT2D eigenvalue weighted by Gasteiger charge is -2.26. The summed E-state index contributed by atoms with van der Waals surface area (Å²) in [5.74, 6) is 0. The van der Waals surface area contributed by atoms with E-state index in [1.54, 1.807) is 0 Å². The molecule has 0 aliphatic heterocycles. The minimum atomic E-state index is -0.817. The summed E-state index contributed by atoms with van der Waals surface area (Å²) in [4.78, 5) is 14.8. The molecule has 17 heavy (non-hydrogen) atoms.